The molecule has 6 nitrogen and oxygen atoms in total. The molecule has 1 amide bonds. The molecule has 144 valence electrons. The van der Waals surface area contributed by atoms with E-state index in [9.17, 15) is 9.59 Å². The lowest BCUT2D eigenvalue weighted by Crippen LogP contribution is -2.26. The van der Waals surface area contributed by atoms with E-state index in [0.29, 0.717) is 11.3 Å². The van der Waals surface area contributed by atoms with E-state index in [0.717, 1.165) is 16.3 Å². The zero-order valence-corrected chi connectivity index (χ0v) is 16.2. The number of nitrogens with zero attached hydrogens (tertiary/aromatic N) is 1. The van der Waals surface area contributed by atoms with Crippen molar-refractivity contribution in [2.24, 2.45) is 0 Å². The number of benzene rings is 2. The van der Waals surface area contributed by atoms with E-state index in [1.54, 1.807) is 31.4 Å². The van der Waals surface area contributed by atoms with E-state index in [-0.39, 0.29) is 31.4 Å². The van der Waals surface area contributed by atoms with Gasteiger partial charge in [-0.2, -0.15) is 0 Å². The fourth-order valence-electron chi connectivity index (χ4n) is 2.51. The van der Waals surface area contributed by atoms with E-state index >= 15 is 0 Å². The third-order valence-corrected chi connectivity index (χ3v) is 4.85. The number of hydrogen-bond acceptors (Lipinski definition) is 6. The van der Waals surface area contributed by atoms with Crippen LogP contribution in [0, 0.1) is 0 Å². The summed E-state index contributed by atoms with van der Waals surface area (Å²) in [5.74, 6) is 0.143. The molecule has 2 aromatic carbocycles. The van der Waals surface area contributed by atoms with Gasteiger partial charge in [-0.25, -0.2) is 4.98 Å². The molecular formula is C21H20N2O4S. The van der Waals surface area contributed by atoms with Gasteiger partial charge in [0.15, 0.2) is 0 Å². The maximum absolute atomic E-state index is 11.9. The van der Waals surface area contributed by atoms with Crippen LogP contribution in [0.5, 0.6) is 5.75 Å². The summed E-state index contributed by atoms with van der Waals surface area (Å²) in [7, 11) is 1.62. The minimum absolute atomic E-state index is 0.0944. The Labute approximate surface area is 167 Å². The molecular weight excluding hydrogens is 376 g/mol. The van der Waals surface area contributed by atoms with Gasteiger partial charge in [0.05, 0.1) is 24.8 Å². The highest BCUT2D eigenvalue weighted by Crippen LogP contribution is 2.31. The lowest BCUT2D eigenvalue weighted by atomic mass is 10.2. The summed E-state index contributed by atoms with van der Waals surface area (Å²) >= 11 is 1.46. The van der Waals surface area contributed by atoms with Crippen LogP contribution in [0.25, 0.3) is 10.6 Å². The number of carbonyl (C=O) groups excluding carboxylic acids is 2. The molecule has 1 heterocycles. The minimum Gasteiger partial charge on any atom is -0.496 e. The van der Waals surface area contributed by atoms with Crippen LogP contribution in [0.4, 0.5) is 0 Å². The lowest BCUT2D eigenvalue weighted by Gasteiger charge is -2.06. The number of carbonyl (C=O) groups is 2. The van der Waals surface area contributed by atoms with Crippen LogP contribution < -0.4 is 10.1 Å². The number of rotatable bonds is 8. The molecule has 0 spiro atoms. The molecule has 0 aliphatic heterocycles. The topological polar surface area (TPSA) is 77.5 Å². The highest BCUT2D eigenvalue weighted by Gasteiger charge is 2.12. The molecule has 0 radical (unpaired) electrons. The van der Waals surface area contributed by atoms with Crippen molar-refractivity contribution in [3.63, 3.8) is 0 Å². The summed E-state index contributed by atoms with van der Waals surface area (Å²) in [6, 6.07) is 16.5. The van der Waals surface area contributed by atoms with Gasteiger partial charge in [0, 0.05) is 17.5 Å². The average Bonchev–Trinajstić information content (AvgIpc) is 3.21. The Morgan fingerprint density at radius 2 is 1.82 bits per heavy atom. The first-order valence-corrected chi connectivity index (χ1v) is 9.62. The highest BCUT2D eigenvalue weighted by molar-refractivity contribution is 7.13. The average molecular weight is 396 g/mol. The summed E-state index contributed by atoms with van der Waals surface area (Å²) in [5, 5.41) is 5.36. The van der Waals surface area contributed by atoms with Crippen LogP contribution in [0.3, 0.4) is 0 Å². The number of amides is 1. The van der Waals surface area contributed by atoms with Crippen LogP contribution >= 0.6 is 11.3 Å². The SMILES string of the molecule is COc1ccccc1-c1nc(COC(=O)CCNC(=O)c2ccccc2)cs1. The molecule has 0 atom stereocenters. The summed E-state index contributed by atoms with van der Waals surface area (Å²) in [6.07, 6.45) is 0.0993. The number of esters is 1. The Hall–Kier alpha value is -3.19. The number of hydrogen-bond donors (Lipinski definition) is 1. The van der Waals surface area contributed by atoms with Gasteiger partial charge >= 0.3 is 5.97 Å². The molecule has 0 aliphatic rings. The van der Waals surface area contributed by atoms with Crippen LogP contribution in [-0.2, 0) is 16.1 Å². The molecule has 0 saturated heterocycles. The predicted octanol–water partition coefficient (Wildman–Crippen LogP) is 3.68. The molecule has 3 rings (SSSR count). The van der Waals surface area contributed by atoms with E-state index in [2.05, 4.69) is 10.3 Å². The monoisotopic (exact) mass is 396 g/mol. The molecule has 0 bridgehead atoms. The van der Waals surface area contributed by atoms with Crippen molar-refractivity contribution >= 4 is 23.2 Å². The molecule has 0 saturated carbocycles. The number of nitrogens with one attached hydrogen (secondary N) is 1. The molecule has 28 heavy (non-hydrogen) atoms. The van der Waals surface area contributed by atoms with Gasteiger partial charge in [-0.1, -0.05) is 30.3 Å². The molecule has 7 heteroatoms. The van der Waals surface area contributed by atoms with Crippen molar-refractivity contribution in [1.29, 1.82) is 0 Å². The summed E-state index contributed by atoms with van der Waals surface area (Å²) in [5.41, 5.74) is 2.13. The van der Waals surface area contributed by atoms with Gasteiger partial charge in [-0.05, 0) is 24.3 Å². The second-order valence-corrected chi connectivity index (χ2v) is 6.73. The third kappa shape index (κ3) is 5.17. The van der Waals surface area contributed by atoms with Crippen molar-refractivity contribution in [3.05, 3.63) is 71.2 Å². The molecule has 0 unspecified atom stereocenters. The van der Waals surface area contributed by atoms with Crippen molar-refractivity contribution in [2.75, 3.05) is 13.7 Å². The first-order valence-electron chi connectivity index (χ1n) is 8.74. The van der Waals surface area contributed by atoms with Crippen molar-refractivity contribution in [2.45, 2.75) is 13.0 Å². The van der Waals surface area contributed by atoms with Gasteiger partial charge in [0.25, 0.3) is 5.91 Å². The molecule has 3 aromatic rings. The number of para-hydroxylation sites is 1. The summed E-state index contributed by atoms with van der Waals surface area (Å²) in [6.45, 7) is 0.313. The minimum atomic E-state index is -0.389. The van der Waals surface area contributed by atoms with Gasteiger partial charge in [0.1, 0.15) is 17.4 Å². The molecule has 1 aromatic heterocycles. The smallest absolute Gasteiger partial charge is 0.307 e. The van der Waals surface area contributed by atoms with E-state index in [4.69, 9.17) is 9.47 Å². The second kappa shape index (κ2) is 9.66. The molecule has 0 aliphatic carbocycles. The van der Waals surface area contributed by atoms with Crippen molar-refractivity contribution in [1.82, 2.24) is 10.3 Å². The number of thiazole rings is 1. The predicted molar refractivity (Wildman–Crippen MR) is 107 cm³/mol. The van der Waals surface area contributed by atoms with Crippen molar-refractivity contribution < 1.29 is 19.1 Å². The Balaban J connectivity index is 1.45. The number of ether oxygens (including phenoxy) is 2. The van der Waals surface area contributed by atoms with Gasteiger partial charge in [-0.15, -0.1) is 11.3 Å². The van der Waals surface area contributed by atoms with E-state index < -0.39 is 0 Å². The standard InChI is InChI=1S/C21H20N2O4S/c1-26-18-10-6-5-9-17(18)21-23-16(14-28-21)13-27-19(24)11-12-22-20(25)15-7-3-2-4-8-15/h2-10,14H,11-13H2,1H3,(H,22,25). The third-order valence-electron chi connectivity index (χ3n) is 3.92. The van der Waals surface area contributed by atoms with Crippen molar-refractivity contribution in [3.8, 4) is 16.3 Å². The zero-order valence-electron chi connectivity index (χ0n) is 15.4. The molecule has 1 N–H and O–H groups in total. The fourth-order valence-corrected chi connectivity index (χ4v) is 3.35. The Morgan fingerprint density at radius 1 is 1.07 bits per heavy atom. The van der Waals surface area contributed by atoms with Crippen LogP contribution in [0.1, 0.15) is 22.5 Å². The van der Waals surface area contributed by atoms with Crippen LogP contribution in [0.2, 0.25) is 0 Å². The fraction of sp³-hybridized carbons (Fsp3) is 0.190. The zero-order chi connectivity index (χ0) is 19.8. The maximum atomic E-state index is 11.9. The summed E-state index contributed by atoms with van der Waals surface area (Å²) < 4.78 is 10.6. The van der Waals surface area contributed by atoms with Gasteiger partial charge in [-0.3, -0.25) is 9.59 Å². The second-order valence-electron chi connectivity index (χ2n) is 5.88. The highest BCUT2D eigenvalue weighted by atomic mass is 32.1. The number of methoxy groups -OCH3 is 1. The van der Waals surface area contributed by atoms with E-state index in [1.165, 1.54) is 11.3 Å². The first kappa shape index (κ1) is 19.6. The Morgan fingerprint density at radius 3 is 2.61 bits per heavy atom. The van der Waals surface area contributed by atoms with E-state index in [1.807, 2.05) is 35.7 Å². The maximum Gasteiger partial charge on any atom is 0.307 e. The quantitative estimate of drug-likeness (QED) is 0.588. The number of aromatic nitrogens is 1. The van der Waals surface area contributed by atoms with Gasteiger partial charge < -0.3 is 14.8 Å². The Kier molecular flexibility index (Phi) is 6.75. The van der Waals surface area contributed by atoms with Crippen LogP contribution in [0.15, 0.2) is 60.0 Å². The Bertz CT molecular complexity index is 940. The lowest BCUT2D eigenvalue weighted by molar-refractivity contribution is -0.144. The first-order chi connectivity index (χ1) is 13.7. The van der Waals surface area contributed by atoms with Crippen LogP contribution in [-0.4, -0.2) is 30.5 Å². The summed E-state index contributed by atoms with van der Waals surface area (Å²) in [4.78, 5) is 28.3. The molecule has 0 fully saturated rings. The normalized spacial score (nSPS) is 10.3. The van der Waals surface area contributed by atoms with Gasteiger partial charge in [0.2, 0.25) is 0 Å². The largest absolute Gasteiger partial charge is 0.496 e.